The van der Waals surface area contributed by atoms with Crippen molar-refractivity contribution in [3.63, 3.8) is 0 Å². The number of hydrogen-bond acceptors (Lipinski definition) is 6. The van der Waals surface area contributed by atoms with Gasteiger partial charge in [-0.15, -0.1) is 0 Å². The van der Waals surface area contributed by atoms with Gasteiger partial charge in [0.1, 0.15) is 24.5 Å². The number of benzene rings is 2. The van der Waals surface area contributed by atoms with Crippen LogP contribution in [-0.2, 0) is 4.74 Å². The topological polar surface area (TPSA) is 72.6 Å². The van der Waals surface area contributed by atoms with E-state index in [0.29, 0.717) is 25.7 Å². The average Bonchev–Trinajstić information content (AvgIpc) is 3.27. The normalized spacial score (nSPS) is 15.0. The van der Waals surface area contributed by atoms with E-state index in [1.807, 2.05) is 28.8 Å². The Morgan fingerprint density at radius 2 is 1.88 bits per heavy atom. The average molecular weight is 433 g/mol. The molecule has 1 aliphatic heterocycles. The van der Waals surface area contributed by atoms with Crippen LogP contribution in [0.15, 0.2) is 54.9 Å². The Kier molecular flexibility index (Phi) is 5.92. The second kappa shape index (κ2) is 9.14. The summed E-state index contributed by atoms with van der Waals surface area (Å²) in [6, 6.07) is 16.5. The van der Waals surface area contributed by atoms with Gasteiger partial charge in [-0.3, -0.25) is 4.57 Å². The molecule has 0 spiro atoms. The van der Waals surface area contributed by atoms with E-state index in [9.17, 15) is 5.11 Å². The van der Waals surface area contributed by atoms with Gasteiger partial charge in [0.15, 0.2) is 0 Å². The Morgan fingerprint density at radius 1 is 1.00 bits per heavy atom. The maximum absolute atomic E-state index is 9.37. The number of pyridine rings is 1. The summed E-state index contributed by atoms with van der Waals surface area (Å²) in [5.41, 5.74) is 4.03. The molecule has 5 rings (SSSR count). The molecule has 0 unspecified atom stereocenters. The summed E-state index contributed by atoms with van der Waals surface area (Å²) in [6.07, 6.45) is 3.88. The summed E-state index contributed by atoms with van der Waals surface area (Å²) >= 11 is 0. The van der Waals surface area contributed by atoms with Crippen LogP contribution in [0.25, 0.3) is 27.8 Å². The van der Waals surface area contributed by atoms with Crippen LogP contribution in [0.1, 0.15) is 12.8 Å². The van der Waals surface area contributed by atoms with Crippen LogP contribution in [0.4, 0.5) is 5.69 Å². The van der Waals surface area contributed by atoms with Crippen molar-refractivity contribution in [1.29, 1.82) is 0 Å². The van der Waals surface area contributed by atoms with Gasteiger partial charge in [-0.25, -0.2) is 9.97 Å². The van der Waals surface area contributed by atoms with Crippen LogP contribution < -0.4 is 9.64 Å². The van der Waals surface area contributed by atoms with E-state index in [0.717, 1.165) is 59.4 Å². The SMILES string of the molecule is COCCOc1ccc2c(c1)ncn2-c1ccc2cc(N3CCC(CO)CC3)ccc2n1. The minimum absolute atomic E-state index is 0.295. The van der Waals surface area contributed by atoms with Crippen LogP contribution in [-0.4, -0.2) is 59.7 Å². The Morgan fingerprint density at radius 3 is 2.69 bits per heavy atom. The summed E-state index contributed by atoms with van der Waals surface area (Å²) in [5.74, 6) is 2.06. The van der Waals surface area contributed by atoms with Crippen molar-refractivity contribution in [3.05, 3.63) is 54.9 Å². The molecule has 1 fully saturated rings. The third-order valence-electron chi connectivity index (χ3n) is 6.22. The maximum atomic E-state index is 9.37. The number of aliphatic hydroxyl groups is 1. The molecule has 0 radical (unpaired) electrons. The molecule has 1 aliphatic rings. The van der Waals surface area contributed by atoms with Gasteiger partial charge in [0.05, 0.1) is 23.2 Å². The second-order valence-electron chi connectivity index (χ2n) is 8.27. The lowest BCUT2D eigenvalue weighted by Gasteiger charge is -2.33. The smallest absolute Gasteiger partial charge is 0.139 e. The first kappa shape index (κ1) is 20.7. The fraction of sp³-hybridized carbons (Fsp3) is 0.360. The lowest BCUT2D eigenvalue weighted by atomic mass is 9.97. The van der Waals surface area contributed by atoms with Gasteiger partial charge in [-0.05, 0) is 61.2 Å². The predicted molar refractivity (Wildman–Crippen MR) is 126 cm³/mol. The third kappa shape index (κ3) is 4.13. The minimum atomic E-state index is 0.295. The Hall–Kier alpha value is -3.16. The Bertz CT molecular complexity index is 1210. The molecule has 7 nitrogen and oxygen atoms in total. The summed E-state index contributed by atoms with van der Waals surface area (Å²) in [4.78, 5) is 11.8. The number of fused-ring (bicyclic) bond motifs is 2. The van der Waals surface area contributed by atoms with E-state index in [-0.39, 0.29) is 0 Å². The number of methoxy groups -OCH3 is 1. The minimum Gasteiger partial charge on any atom is -0.491 e. The monoisotopic (exact) mass is 432 g/mol. The number of piperidine rings is 1. The highest BCUT2D eigenvalue weighted by Crippen LogP contribution is 2.28. The molecule has 0 atom stereocenters. The molecule has 1 N–H and O–H groups in total. The highest BCUT2D eigenvalue weighted by atomic mass is 16.5. The van der Waals surface area contributed by atoms with Gasteiger partial charge in [0.2, 0.25) is 0 Å². The number of ether oxygens (including phenoxy) is 2. The molecule has 0 aliphatic carbocycles. The standard InChI is InChI=1S/C25H28N4O3/c1-31-12-13-32-21-4-6-24-23(15-21)26-17-29(24)25-7-2-19-14-20(3-5-22(19)27-25)28-10-8-18(16-30)9-11-28/h2-7,14-15,17-18,30H,8-13,16H2,1H3. The van der Waals surface area contributed by atoms with Crippen molar-refractivity contribution in [2.45, 2.75) is 12.8 Å². The van der Waals surface area contributed by atoms with Gasteiger partial charge in [-0.1, -0.05) is 0 Å². The van der Waals surface area contributed by atoms with Crippen LogP contribution in [0, 0.1) is 5.92 Å². The predicted octanol–water partition coefficient (Wildman–Crippen LogP) is 3.81. The van der Waals surface area contributed by atoms with E-state index in [2.05, 4.69) is 34.1 Å². The van der Waals surface area contributed by atoms with Gasteiger partial charge >= 0.3 is 0 Å². The number of anilines is 1. The molecule has 32 heavy (non-hydrogen) atoms. The second-order valence-corrected chi connectivity index (χ2v) is 8.27. The number of nitrogens with zero attached hydrogens (tertiary/aromatic N) is 4. The molecule has 0 bridgehead atoms. The third-order valence-corrected chi connectivity index (χ3v) is 6.22. The molecule has 2 aromatic carbocycles. The first-order chi connectivity index (χ1) is 15.7. The van der Waals surface area contributed by atoms with E-state index < -0.39 is 0 Å². The lowest BCUT2D eigenvalue weighted by Crippen LogP contribution is -2.34. The van der Waals surface area contributed by atoms with Crippen molar-refractivity contribution in [2.75, 3.05) is 44.9 Å². The van der Waals surface area contributed by atoms with Crippen LogP contribution in [0.2, 0.25) is 0 Å². The lowest BCUT2D eigenvalue weighted by molar-refractivity contribution is 0.146. The molecule has 2 aromatic heterocycles. The van der Waals surface area contributed by atoms with Crippen molar-refractivity contribution in [3.8, 4) is 11.6 Å². The molecule has 1 saturated heterocycles. The molecule has 0 amide bonds. The zero-order valence-electron chi connectivity index (χ0n) is 18.3. The summed E-state index contributed by atoms with van der Waals surface area (Å²) < 4.78 is 12.7. The Labute approximate surface area is 187 Å². The van der Waals surface area contributed by atoms with Crippen LogP contribution >= 0.6 is 0 Å². The molecule has 7 heteroatoms. The number of aliphatic hydroxyl groups excluding tert-OH is 1. The van der Waals surface area contributed by atoms with Crippen molar-refractivity contribution in [2.24, 2.45) is 5.92 Å². The zero-order valence-corrected chi connectivity index (χ0v) is 18.3. The summed E-state index contributed by atoms with van der Waals surface area (Å²) in [5, 5.41) is 10.5. The van der Waals surface area contributed by atoms with E-state index in [4.69, 9.17) is 14.5 Å². The Balaban J connectivity index is 1.38. The number of rotatable bonds is 7. The largest absolute Gasteiger partial charge is 0.491 e. The molecule has 0 saturated carbocycles. The fourth-order valence-corrected chi connectivity index (χ4v) is 4.31. The van der Waals surface area contributed by atoms with E-state index >= 15 is 0 Å². The van der Waals surface area contributed by atoms with Crippen molar-refractivity contribution < 1.29 is 14.6 Å². The fourth-order valence-electron chi connectivity index (χ4n) is 4.31. The number of hydrogen-bond donors (Lipinski definition) is 1. The molecular formula is C25H28N4O3. The summed E-state index contributed by atoms with van der Waals surface area (Å²) in [7, 11) is 1.66. The summed E-state index contributed by atoms with van der Waals surface area (Å²) in [6.45, 7) is 3.33. The van der Waals surface area contributed by atoms with Gasteiger partial charge in [0, 0.05) is 43.9 Å². The van der Waals surface area contributed by atoms with Crippen LogP contribution in [0.5, 0.6) is 5.75 Å². The van der Waals surface area contributed by atoms with Gasteiger partial charge in [-0.2, -0.15) is 0 Å². The highest BCUT2D eigenvalue weighted by Gasteiger charge is 2.19. The van der Waals surface area contributed by atoms with E-state index in [1.165, 1.54) is 5.69 Å². The van der Waals surface area contributed by atoms with Crippen molar-refractivity contribution >= 4 is 27.6 Å². The van der Waals surface area contributed by atoms with Gasteiger partial charge < -0.3 is 19.5 Å². The number of imidazole rings is 1. The molecule has 4 aromatic rings. The van der Waals surface area contributed by atoms with Crippen molar-refractivity contribution in [1.82, 2.24) is 14.5 Å². The molecule has 166 valence electrons. The molecular weight excluding hydrogens is 404 g/mol. The highest BCUT2D eigenvalue weighted by molar-refractivity contribution is 5.84. The zero-order chi connectivity index (χ0) is 21.9. The van der Waals surface area contributed by atoms with Crippen LogP contribution in [0.3, 0.4) is 0 Å². The first-order valence-corrected chi connectivity index (χ1v) is 11.1. The first-order valence-electron chi connectivity index (χ1n) is 11.1. The maximum Gasteiger partial charge on any atom is 0.139 e. The molecule has 3 heterocycles. The quantitative estimate of drug-likeness (QED) is 0.448. The van der Waals surface area contributed by atoms with Gasteiger partial charge in [0.25, 0.3) is 0 Å². The van der Waals surface area contributed by atoms with E-state index in [1.54, 1.807) is 13.4 Å². The number of aromatic nitrogens is 3.